The Kier molecular flexibility index (Phi) is 3.76. The third-order valence-corrected chi connectivity index (χ3v) is 3.34. The van der Waals surface area contributed by atoms with Gasteiger partial charge in [0.15, 0.2) is 0 Å². The molecule has 2 rings (SSSR count). The van der Waals surface area contributed by atoms with E-state index in [1.807, 2.05) is 18.5 Å². The monoisotopic (exact) mass is 249 g/mol. The SMILES string of the molecule is CN(C)c1ccncc1NC1CCOC(C)(C)C1. The molecule has 4 nitrogen and oxygen atoms in total. The molecule has 4 heteroatoms. The van der Waals surface area contributed by atoms with Crippen LogP contribution >= 0.6 is 0 Å². The zero-order valence-electron chi connectivity index (χ0n) is 11.7. The van der Waals surface area contributed by atoms with Gasteiger partial charge in [0.1, 0.15) is 0 Å². The normalized spacial score (nSPS) is 22.6. The molecule has 1 fully saturated rings. The van der Waals surface area contributed by atoms with Gasteiger partial charge >= 0.3 is 0 Å². The third kappa shape index (κ3) is 3.13. The van der Waals surface area contributed by atoms with Crippen LogP contribution < -0.4 is 10.2 Å². The van der Waals surface area contributed by atoms with Gasteiger partial charge in [-0.3, -0.25) is 4.98 Å². The van der Waals surface area contributed by atoms with E-state index < -0.39 is 0 Å². The summed E-state index contributed by atoms with van der Waals surface area (Å²) in [6.07, 6.45) is 5.80. The van der Waals surface area contributed by atoms with E-state index >= 15 is 0 Å². The van der Waals surface area contributed by atoms with Crippen molar-refractivity contribution in [2.75, 3.05) is 30.9 Å². The number of nitrogens with one attached hydrogen (secondary N) is 1. The third-order valence-electron chi connectivity index (χ3n) is 3.34. The molecule has 100 valence electrons. The summed E-state index contributed by atoms with van der Waals surface area (Å²) in [6.45, 7) is 5.12. The summed E-state index contributed by atoms with van der Waals surface area (Å²) in [5, 5.41) is 3.60. The van der Waals surface area contributed by atoms with E-state index in [-0.39, 0.29) is 5.60 Å². The number of hydrogen-bond acceptors (Lipinski definition) is 4. The zero-order valence-corrected chi connectivity index (χ0v) is 11.7. The number of hydrogen-bond donors (Lipinski definition) is 1. The maximum atomic E-state index is 5.74. The van der Waals surface area contributed by atoms with Gasteiger partial charge in [0, 0.05) is 32.9 Å². The zero-order chi connectivity index (χ0) is 13.2. The molecule has 1 saturated heterocycles. The van der Waals surface area contributed by atoms with E-state index in [0.717, 1.165) is 25.1 Å². The van der Waals surface area contributed by atoms with Gasteiger partial charge in [-0.2, -0.15) is 0 Å². The number of aromatic nitrogens is 1. The first kappa shape index (κ1) is 13.1. The Bertz CT molecular complexity index is 404. The Morgan fingerprint density at radius 1 is 1.44 bits per heavy atom. The molecule has 1 aliphatic heterocycles. The predicted octanol–water partition coefficient (Wildman–Crippen LogP) is 2.52. The predicted molar refractivity (Wildman–Crippen MR) is 75.2 cm³/mol. The topological polar surface area (TPSA) is 37.4 Å². The Morgan fingerprint density at radius 2 is 2.22 bits per heavy atom. The van der Waals surface area contributed by atoms with Gasteiger partial charge in [-0.25, -0.2) is 0 Å². The molecule has 1 aromatic heterocycles. The van der Waals surface area contributed by atoms with Crippen molar-refractivity contribution in [1.82, 2.24) is 4.98 Å². The van der Waals surface area contributed by atoms with E-state index in [2.05, 4.69) is 43.1 Å². The molecule has 0 aliphatic carbocycles. The molecular weight excluding hydrogens is 226 g/mol. The lowest BCUT2D eigenvalue weighted by molar-refractivity contribution is -0.0553. The van der Waals surface area contributed by atoms with Crippen LogP contribution in [-0.2, 0) is 4.74 Å². The summed E-state index contributed by atoms with van der Waals surface area (Å²) in [4.78, 5) is 6.31. The summed E-state index contributed by atoms with van der Waals surface area (Å²) in [5.74, 6) is 0. The van der Waals surface area contributed by atoms with Crippen molar-refractivity contribution in [1.29, 1.82) is 0 Å². The lowest BCUT2D eigenvalue weighted by atomic mass is 9.94. The van der Waals surface area contributed by atoms with Crippen molar-refractivity contribution in [3.8, 4) is 0 Å². The van der Waals surface area contributed by atoms with Crippen molar-refractivity contribution in [2.45, 2.75) is 38.3 Å². The molecule has 0 radical (unpaired) electrons. The molecule has 1 aliphatic rings. The molecule has 1 N–H and O–H groups in total. The Balaban J connectivity index is 2.09. The Labute approximate surface area is 109 Å². The van der Waals surface area contributed by atoms with Crippen LogP contribution in [0.2, 0.25) is 0 Å². The van der Waals surface area contributed by atoms with Crippen LogP contribution in [0, 0.1) is 0 Å². The first-order chi connectivity index (χ1) is 8.48. The van der Waals surface area contributed by atoms with E-state index in [4.69, 9.17) is 4.74 Å². The van der Waals surface area contributed by atoms with Gasteiger partial charge in [0.25, 0.3) is 0 Å². The van der Waals surface area contributed by atoms with Crippen LogP contribution in [-0.4, -0.2) is 37.3 Å². The highest BCUT2D eigenvalue weighted by molar-refractivity contribution is 5.68. The van der Waals surface area contributed by atoms with Gasteiger partial charge in [-0.1, -0.05) is 0 Å². The van der Waals surface area contributed by atoms with Crippen molar-refractivity contribution in [3.63, 3.8) is 0 Å². The number of nitrogens with zero attached hydrogens (tertiary/aromatic N) is 2. The Hall–Kier alpha value is -1.29. The van der Waals surface area contributed by atoms with E-state index in [1.165, 1.54) is 5.69 Å². The molecule has 0 aromatic carbocycles. The maximum Gasteiger partial charge on any atom is 0.0766 e. The number of anilines is 2. The molecule has 0 bridgehead atoms. The largest absolute Gasteiger partial charge is 0.379 e. The van der Waals surface area contributed by atoms with Crippen LogP contribution in [0.1, 0.15) is 26.7 Å². The molecule has 0 saturated carbocycles. The fraction of sp³-hybridized carbons (Fsp3) is 0.643. The van der Waals surface area contributed by atoms with Crippen LogP contribution in [0.3, 0.4) is 0 Å². The van der Waals surface area contributed by atoms with Gasteiger partial charge in [0.05, 0.1) is 23.2 Å². The fourth-order valence-electron chi connectivity index (χ4n) is 2.46. The summed E-state index contributed by atoms with van der Waals surface area (Å²) in [6, 6.07) is 2.49. The molecule has 1 unspecified atom stereocenters. The van der Waals surface area contributed by atoms with E-state index in [1.54, 1.807) is 0 Å². The van der Waals surface area contributed by atoms with Crippen molar-refractivity contribution in [2.24, 2.45) is 0 Å². The lowest BCUT2D eigenvalue weighted by Gasteiger charge is -2.36. The summed E-state index contributed by atoms with van der Waals surface area (Å²) in [5.41, 5.74) is 2.25. The molecule has 0 amide bonds. The average Bonchev–Trinajstić information content (AvgIpc) is 2.28. The van der Waals surface area contributed by atoms with Crippen LogP contribution in [0.5, 0.6) is 0 Å². The minimum Gasteiger partial charge on any atom is -0.379 e. The van der Waals surface area contributed by atoms with Crippen LogP contribution in [0.25, 0.3) is 0 Å². The van der Waals surface area contributed by atoms with Crippen LogP contribution in [0.15, 0.2) is 18.5 Å². The summed E-state index contributed by atoms with van der Waals surface area (Å²) in [7, 11) is 4.10. The second-order valence-corrected chi connectivity index (χ2v) is 5.73. The highest BCUT2D eigenvalue weighted by atomic mass is 16.5. The standard InChI is InChI=1S/C14H23N3O/c1-14(2)9-11(6-8-18-14)16-12-10-15-7-5-13(12)17(3)4/h5,7,10-11,16H,6,8-9H2,1-4H3. The van der Waals surface area contributed by atoms with E-state index in [0.29, 0.717) is 6.04 Å². The molecule has 18 heavy (non-hydrogen) atoms. The van der Waals surface area contributed by atoms with Gasteiger partial charge in [-0.05, 0) is 32.8 Å². The molecule has 2 heterocycles. The minimum absolute atomic E-state index is 0.0313. The number of rotatable bonds is 3. The Morgan fingerprint density at radius 3 is 2.89 bits per heavy atom. The smallest absolute Gasteiger partial charge is 0.0766 e. The highest BCUT2D eigenvalue weighted by Gasteiger charge is 2.29. The van der Waals surface area contributed by atoms with E-state index in [9.17, 15) is 0 Å². The van der Waals surface area contributed by atoms with Gasteiger partial charge in [-0.15, -0.1) is 0 Å². The second kappa shape index (κ2) is 5.14. The molecule has 0 spiro atoms. The van der Waals surface area contributed by atoms with Crippen LogP contribution in [0.4, 0.5) is 11.4 Å². The summed E-state index contributed by atoms with van der Waals surface area (Å²) < 4.78 is 5.74. The maximum absolute atomic E-state index is 5.74. The van der Waals surface area contributed by atoms with Gasteiger partial charge in [0.2, 0.25) is 0 Å². The lowest BCUT2D eigenvalue weighted by Crippen LogP contribution is -2.40. The fourth-order valence-corrected chi connectivity index (χ4v) is 2.46. The molecular formula is C14H23N3O. The highest BCUT2D eigenvalue weighted by Crippen LogP contribution is 2.29. The quantitative estimate of drug-likeness (QED) is 0.893. The average molecular weight is 249 g/mol. The molecule has 1 aromatic rings. The summed E-state index contributed by atoms with van der Waals surface area (Å²) >= 11 is 0. The van der Waals surface area contributed by atoms with Gasteiger partial charge < -0.3 is 15.0 Å². The first-order valence-corrected chi connectivity index (χ1v) is 6.50. The second-order valence-electron chi connectivity index (χ2n) is 5.73. The van der Waals surface area contributed by atoms with Crippen molar-refractivity contribution >= 4 is 11.4 Å². The minimum atomic E-state index is -0.0313. The first-order valence-electron chi connectivity index (χ1n) is 6.50. The molecule has 1 atom stereocenters. The number of ether oxygens (including phenoxy) is 1. The number of pyridine rings is 1. The van der Waals surface area contributed by atoms with Crippen molar-refractivity contribution < 1.29 is 4.74 Å². The van der Waals surface area contributed by atoms with Crippen molar-refractivity contribution in [3.05, 3.63) is 18.5 Å².